The predicted octanol–water partition coefficient (Wildman–Crippen LogP) is 3.12. The Morgan fingerprint density at radius 1 is 1.36 bits per heavy atom. The molecule has 11 heavy (non-hydrogen) atoms. The number of halogens is 3. The average molecular weight is 300 g/mol. The van der Waals surface area contributed by atoms with Gasteiger partial charge in [0, 0.05) is 0 Å². The highest BCUT2D eigenvalue weighted by Gasteiger charge is 2.25. The molecule has 0 aliphatic heterocycles. The zero-order chi connectivity index (χ0) is 8.65. The molecule has 0 bridgehead atoms. The van der Waals surface area contributed by atoms with Gasteiger partial charge in [0.05, 0.1) is 13.8 Å². The van der Waals surface area contributed by atoms with Crippen LogP contribution in [0.4, 0.5) is 0 Å². The van der Waals surface area contributed by atoms with Gasteiger partial charge in [-0.15, -0.1) is 11.6 Å². The lowest BCUT2D eigenvalue weighted by molar-refractivity contribution is -0.111. The van der Waals surface area contributed by atoms with Crippen molar-refractivity contribution < 1.29 is 4.79 Å². The normalized spacial score (nSPS) is 22.7. The van der Waals surface area contributed by atoms with Gasteiger partial charge in [-0.2, -0.15) is 0 Å². The van der Waals surface area contributed by atoms with E-state index in [2.05, 4.69) is 31.9 Å². The second-order valence-electron chi connectivity index (χ2n) is 2.46. The number of carbonyl (C=O) groups excluding carboxylic acids is 1. The molecule has 60 valence electrons. The fraction of sp³-hybridized carbons (Fsp3) is 0.286. The summed E-state index contributed by atoms with van der Waals surface area (Å²) < 4.78 is 1.01. The molecule has 0 N–H and O–H groups in total. The summed E-state index contributed by atoms with van der Waals surface area (Å²) in [4.78, 5) is 10.6. The highest BCUT2D eigenvalue weighted by Crippen LogP contribution is 2.32. The number of Topliss-reactive ketones (excluding diaryl/α,β-unsaturated/α-hetero) is 1. The Labute approximate surface area is 86.7 Å². The maximum Gasteiger partial charge on any atom is 0.206 e. The molecule has 0 spiro atoms. The van der Waals surface area contributed by atoms with Crippen molar-refractivity contribution >= 4 is 49.2 Å². The van der Waals surface area contributed by atoms with Crippen LogP contribution in [0.5, 0.6) is 0 Å². The fourth-order valence-corrected chi connectivity index (χ4v) is 2.91. The second kappa shape index (κ2) is 3.04. The molecule has 0 aromatic carbocycles. The minimum atomic E-state index is -0.564. The van der Waals surface area contributed by atoms with Gasteiger partial charge in [0.1, 0.15) is 0 Å². The van der Waals surface area contributed by atoms with Gasteiger partial charge in [-0.25, -0.2) is 0 Å². The first-order valence-electron chi connectivity index (χ1n) is 2.93. The Bertz CT molecular complexity index is 242. The zero-order valence-corrected chi connectivity index (χ0v) is 9.62. The molecular formula is C7H5Br2ClO. The molecule has 0 atom stereocenters. The van der Waals surface area contributed by atoms with Crippen LogP contribution < -0.4 is 0 Å². The molecule has 0 saturated heterocycles. The summed E-state index contributed by atoms with van der Waals surface area (Å²) in [5.41, 5.74) is 0. The Hall–Kier alpha value is 0.400. The lowest BCUT2D eigenvalue weighted by Gasteiger charge is -2.18. The van der Waals surface area contributed by atoms with Crippen LogP contribution in [-0.2, 0) is 4.79 Å². The first-order chi connectivity index (χ1) is 4.92. The number of hydrogen-bond donors (Lipinski definition) is 0. The molecule has 0 unspecified atom stereocenters. The quantitative estimate of drug-likeness (QED) is 0.628. The van der Waals surface area contributed by atoms with E-state index in [0.29, 0.717) is 8.96 Å². The van der Waals surface area contributed by atoms with Gasteiger partial charge in [-0.1, -0.05) is 0 Å². The van der Waals surface area contributed by atoms with Crippen LogP contribution in [0.2, 0.25) is 0 Å². The highest BCUT2D eigenvalue weighted by atomic mass is 79.9. The molecule has 0 heterocycles. The van der Waals surface area contributed by atoms with E-state index < -0.39 is 4.87 Å². The van der Waals surface area contributed by atoms with Crippen molar-refractivity contribution in [1.29, 1.82) is 0 Å². The van der Waals surface area contributed by atoms with Crippen molar-refractivity contribution in [2.75, 3.05) is 0 Å². The van der Waals surface area contributed by atoms with Crippen LogP contribution in [0, 0.1) is 0 Å². The largest absolute Gasteiger partial charge is 0.287 e. The Kier molecular flexibility index (Phi) is 2.62. The van der Waals surface area contributed by atoms with E-state index in [4.69, 9.17) is 11.6 Å². The van der Waals surface area contributed by atoms with E-state index in [1.807, 2.05) is 6.92 Å². The first kappa shape index (κ1) is 9.49. The van der Waals surface area contributed by atoms with Crippen LogP contribution >= 0.6 is 43.5 Å². The summed E-state index contributed by atoms with van der Waals surface area (Å²) in [6, 6.07) is 0. The predicted molar refractivity (Wildman–Crippen MR) is 53.3 cm³/mol. The number of ketones is 1. The zero-order valence-electron chi connectivity index (χ0n) is 5.70. The van der Waals surface area contributed by atoms with Crippen molar-refractivity contribution in [3.05, 3.63) is 21.1 Å². The summed E-state index contributed by atoms with van der Waals surface area (Å²) in [7, 11) is 0. The summed E-state index contributed by atoms with van der Waals surface area (Å²) in [5.74, 6) is -0.0666. The smallest absolute Gasteiger partial charge is 0.206 e. The van der Waals surface area contributed by atoms with Crippen molar-refractivity contribution in [3.8, 4) is 0 Å². The highest BCUT2D eigenvalue weighted by molar-refractivity contribution is 9.13. The van der Waals surface area contributed by atoms with Gasteiger partial charge in [0.25, 0.3) is 0 Å². The van der Waals surface area contributed by atoms with Gasteiger partial charge in [-0.05, 0) is 50.9 Å². The average Bonchev–Trinajstić information content (AvgIpc) is 1.81. The Balaban J connectivity index is 3.08. The van der Waals surface area contributed by atoms with Crippen LogP contribution in [0.1, 0.15) is 6.92 Å². The van der Waals surface area contributed by atoms with E-state index in [1.165, 1.54) is 0 Å². The summed E-state index contributed by atoms with van der Waals surface area (Å²) >= 11 is 12.2. The van der Waals surface area contributed by atoms with E-state index >= 15 is 0 Å². The van der Waals surface area contributed by atoms with Crippen molar-refractivity contribution in [2.24, 2.45) is 0 Å². The maximum absolute atomic E-state index is 11.1. The van der Waals surface area contributed by atoms with E-state index in [0.717, 1.165) is 0 Å². The maximum atomic E-state index is 11.1. The van der Waals surface area contributed by atoms with Crippen LogP contribution in [0.25, 0.3) is 0 Å². The number of allylic oxidation sites excluding steroid dienone is 4. The molecule has 1 aliphatic rings. The van der Waals surface area contributed by atoms with Gasteiger partial charge >= 0.3 is 0 Å². The minimum absolute atomic E-state index is 0.0666. The monoisotopic (exact) mass is 298 g/mol. The number of hydrogen-bond acceptors (Lipinski definition) is 1. The summed E-state index contributed by atoms with van der Waals surface area (Å²) in [6.07, 6.45) is 3.34. The van der Waals surface area contributed by atoms with E-state index in [-0.39, 0.29) is 5.78 Å². The topological polar surface area (TPSA) is 17.1 Å². The standard InChI is InChI=1S/C7H5Br2ClO/c1-7(10)2-4(8)6(11)5(9)3-7/h2-3H,1H3. The van der Waals surface area contributed by atoms with Gasteiger partial charge < -0.3 is 0 Å². The molecule has 0 aromatic heterocycles. The molecule has 1 rings (SSSR count). The molecule has 0 saturated carbocycles. The van der Waals surface area contributed by atoms with Gasteiger partial charge in [-0.3, -0.25) is 4.79 Å². The molecule has 4 heteroatoms. The Morgan fingerprint density at radius 3 is 2.09 bits per heavy atom. The van der Waals surface area contributed by atoms with Crippen molar-refractivity contribution in [3.63, 3.8) is 0 Å². The SMILES string of the molecule is CC1(Cl)C=C(Br)C(=O)C(Br)=C1. The van der Waals surface area contributed by atoms with Gasteiger partial charge in [0.2, 0.25) is 5.78 Å². The fourth-order valence-electron chi connectivity index (χ4n) is 0.782. The second-order valence-corrected chi connectivity index (χ2v) is 4.99. The van der Waals surface area contributed by atoms with Crippen LogP contribution in [0.3, 0.4) is 0 Å². The number of rotatable bonds is 0. The first-order valence-corrected chi connectivity index (χ1v) is 4.89. The van der Waals surface area contributed by atoms with Crippen molar-refractivity contribution in [1.82, 2.24) is 0 Å². The van der Waals surface area contributed by atoms with Crippen LogP contribution in [0.15, 0.2) is 21.1 Å². The summed E-state index contributed by atoms with van der Waals surface area (Å²) in [5, 5.41) is 0. The third-order valence-electron chi connectivity index (χ3n) is 1.25. The van der Waals surface area contributed by atoms with Crippen LogP contribution in [-0.4, -0.2) is 10.7 Å². The molecule has 1 aliphatic carbocycles. The van der Waals surface area contributed by atoms with E-state index in [9.17, 15) is 4.79 Å². The summed E-state index contributed by atoms with van der Waals surface area (Å²) in [6.45, 7) is 1.81. The third kappa shape index (κ3) is 2.17. The molecule has 0 radical (unpaired) electrons. The van der Waals surface area contributed by atoms with Gasteiger partial charge in [0.15, 0.2) is 0 Å². The number of carbonyl (C=O) groups is 1. The molecule has 0 fully saturated rings. The minimum Gasteiger partial charge on any atom is -0.287 e. The molecular weight excluding hydrogens is 295 g/mol. The lowest BCUT2D eigenvalue weighted by atomic mass is 10.0. The molecule has 0 aromatic rings. The molecule has 0 amide bonds. The van der Waals surface area contributed by atoms with E-state index in [1.54, 1.807) is 12.2 Å². The third-order valence-corrected chi connectivity index (χ3v) is 2.65. The Morgan fingerprint density at radius 2 is 1.73 bits per heavy atom. The van der Waals surface area contributed by atoms with Crippen molar-refractivity contribution in [2.45, 2.75) is 11.8 Å². The number of alkyl halides is 1. The lowest BCUT2D eigenvalue weighted by Crippen LogP contribution is -2.17. The molecule has 1 nitrogen and oxygen atoms in total.